The summed E-state index contributed by atoms with van der Waals surface area (Å²) in [6, 6.07) is 11.3. The van der Waals surface area contributed by atoms with Crippen LogP contribution in [0.1, 0.15) is 16.8 Å². The highest BCUT2D eigenvalue weighted by Crippen LogP contribution is 2.37. The molecular weight excluding hydrogens is 376 g/mol. The molecule has 2 aromatic rings. The largest absolute Gasteiger partial charge is 0.677 e. The lowest BCUT2D eigenvalue weighted by Gasteiger charge is -2.25. The predicted octanol–water partition coefficient (Wildman–Crippen LogP) is 5.17. The fourth-order valence-electron chi connectivity index (χ4n) is 2.79. The van der Waals surface area contributed by atoms with E-state index in [-0.39, 0.29) is 28.1 Å². The summed E-state index contributed by atoms with van der Waals surface area (Å²) in [6.07, 6.45) is 0.155. The summed E-state index contributed by atoms with van der Waals surface area (Å²) in [5, 5.41) is 9.44. The standard InChI is InChI=1S/C19H11BF5N3/c21-19(22,23)16-6-2-1-5-14(16)13-8-9-18(28(12-13)20(24)25)15(11-26)17-7-3-4-10-27-17/h1-10,12H/b18-15+. The van der Waals surface area contributed by atoms with Crippen LogP contribution in [-0.2, 0) is 6.18 Å². The first-order valence-electron chi connectivity index (χ1n) is 8.01. The van der Waals surface area contributed by atoms with Crippen LogP contribution >= 0.6 is 0 Å². The van der Waals surface area contributed by atoms with Crippen molar-refractivity contribution in [1.82, 2.24) is 9.79 Å². The van der Waals surface area contributed by atoms with Crippen molar-refractivity contribution in [3.8, 4) is 6.07 Å². The zero-order valence-electron chi connectivity index (χ0n) is 14.2. The topological polar surface area (TPSA) is 39.9 Å². The van der Waals surface area contributed by atoms with E-state index in [2.05, 4.69) is 4.98 Å². The first-order chi connectivity index (χ1) is 13.3. The molecule has 0 radical (unpaired) electrons. The summed E-state index contributed by atoms with van der Waals surface area (Å²) in [7, 11) is -3.07. The van der Waals surface area contributed by atoms with Crippen molar-refractivity contribution in [3.05, 3.63) is 89.5 Å². The van der Waals surface area contributed by atoms with E-state index in [1.165, 1.54) is 42.6 Å². The molecule has 2 heterocycles. The highest BCUT2D eigenvalue weighted by atomic mass is 19.4. The average molecular weight is 387 g/mol. The van der Waals surface area contributed by atoms with Gasteiger partial charge in [0.15, 0.2) is 0 Å². The molecule has 0 unspecified atom stereocenters. The minimum Gasteiger partial charge on any atom is -0.330 e. The van der Waals surface area contributed by atoms with Crippen LogP contribution in [0, 0.1) is 11.3 Å². The van der Waals surface area contributed by atoms with E-state index in [0.717, 1.165) is 12.3 Å². The van der Waals surface area contributed by atoms with Crippen molar-refractivity contribution in [3.63, 3.8) is 0 Å². The Balaban J connectivity index is 2.13. The molecule has 0 amide bonds. The zero-order chi connectivity index (χ0) is 20.3. The summed E-state index contributed by atoms with van der Waals surface area (Å²) in [6.45, 7) is 0. The van der Waals surface area contributed by atoms with Crippen molar-refractivity contribution in [2.45, 2.75) is 6.18 Å². The minimum atomic E-state index is -4.64. The third-order valence-corrected chi connectivity index (χ3v) is 4.02. The number of pyridine rings is 1. The fourth-order valence-corrected chi connectivity index (χ4v) is 2.79. The lowest BCUT2D eigenvalue weighted by Crippen LogP contribution is -2.29. The molecule has 0 saturated heterocycles. The Bertz CT molecular complexity index is 1000. The number of halogens is 5. The van der Waals surface area contributed by atoms with E-state index in [1.54, 1.807) is 12.1 Å². The second-order valence-electron chi connectivity index (χ2n) is 5.73. The third-order valence-electron chi connectivity index (χ3n) is 4.02. The number of alkyl halides is 3. The number of allylic oxidation sites excluding steroid dienone is 4. The molecule has 9 heteroatoms. The molecule has 3 rings (SSSR count). The van der Waals surface area contributed by atoms with Crippen LogP contribution in [-0.4, -0.2) is 17.2 Å². The molecule has 3 nitrogen and oxygen atoms in total. The molecule has 0 saturated carbocycles. The van der Waals surface area contributed by atoms with E-state index >= 15 is 0 Å². The van der Waals surface area contributed by atoms with Crippen LogP contribution < -0.4 is 0 Å². The second-order valence-corrected chi connectivity index (χ2v) is 5.73. The number of hydrogen-bond acceptors (Lipinski definition) is 3. The maximum atomic E-state index is 13.7. The molecule has 1 aliphatic heterocycles. The molecule has 0 fully saturated rings. The Morgan fingerprint density at radius 2 is 1.75 bits per heavy atom. The maximum Gasteiger partial charge on any atom is 0.677 e. The van der Waals surface area contributed by atoms with Gasteiger partial charge in [0.25, 0.3) is 0 Å². The van der Waals surface area contributed by atoms with Crippen molar-refractivity contribution in [1.29, 1.82) is 5.26 Å². The molecule has 0 bridgehead atoms. The molecule has 28 heavy (non-hydrogen) atoms. The van der Waals surface area contributed by atoms with Gasteiger partial charge in [-0.3, -0.25) is 13.6 Å². The Hall–Kier alpha value is -3.41. The Morgan fingerprint density at radius 1 is 1.04 bits per heavy atom. The van der Waals surface area contributed by atoms with Crippen LogP contribution in [0.15, 0.2) is 72.7 Å². The number of rotatable bonds is 3. The summed E-state index contributed by atoms with van der Waals surface area (Å²) < 4.78 is 67.1. The van der Waals surface area contributed by atoms with Crippen molar-refractivity contribution in [2.75, 3.05) is 0 Å². The van der Waals surface area contributed by atoms with Gasteiger partial charge >= 0.3 is 13.6 Å². The van der Waals surface area contributed by atoms with Gasteiger partial charge in [-0.2, -0.15) is 18.4 Å². The first kappa shape index (κ1) is 19.4. The zero-order valence-corrected chi connectivity index (χ0v) is 14.2. The molecule has 0 N–H and O–H groups in total. The highest BCUT2D eigenvalue weighted by Gasteiger charge is 2.35. The summed E-state index contributed by atoms with van der Waals surface area (Å²) >= 11 is 0. The molecule has 1 aromatic heterocycles. The van der Waals surface area contributed by atoms with Crippen LogP contribution in [0.4, 0.5) is 21.8 Å². The average Bonchev–Trinajstić information content (AvgIpc) is 2.69. The normalized spacial score (nSPS) is 15.7. The Labute approximate surface area is 157 Å². The first-order valence-corrected chi connectivity index (χ1v) is 8.01. The monoisotopic (exact) mass is 387 g/mol. The van der Waals surface area contributed by atoms with Gasteiger partial charge < -0.3 is 4.81 Å². The van der Waals surface area contributed by atoms with Crippen molar-refractivity contribution >= 4 is 18.5 Å². The van der Waals surface area contributed by atoms with Gasteiger partial charge in [0.1, 0.15) is 11.6 Å². The molecular formula is C19H11BF5N3. The lowest BCUT2D eigenvalue weighted by atomic mass is 9.94. The highest BCUT2D eigenvalue weighted by molar-refractivity contribution is 6.41. The predicted molar refractivity (Wildman–Crippen MR) is 95.1 cm³/mol. The molecule has 0 aliphatic carbocycles. The van der Waals surface area contributed by atoms with E-state index in [4.69, 9.17) is 0 Å². The number of nitrogens with zero attached hydrogens (tertiary/aromatic N) is 3. The number of hydrogen-bond donors (Lipinski definition) is 0. The maximum absolute atomic E-state index is 13.7. The molecule has 0 atom stereocenters. The number of aromatic nitrogens is 1. The van der Waals surface area contributed by atoms with Gasteiger partial charge in [0, 0.05) is 12.4 Å². The molecule has 1 aliphatic rings. The SMILES string of the molecule is N#C/C(=C1/C=CC(c2ccccc2C(F)(F)F)=CN1B(F)F)c1ccccn1. The Morgan fingerprint density at radius 3 is 2.36 bits per heavy atom. The van der Waals surface area contributed by atoms with Crippen LogP contribution in [0.3, 0.4) is 0 Å². The van der Waals surface area contributed by atoms with E-state index in [1.807, 2.05) is 6.07 Å². The number of nitriles is 1. The van der Waals surface area contributed by atoms with Gasteiger partial charge in [-0.1, -0.05) is 30.3 Å². The summed E-state index contributed by atoms with van der Waals surface area (Å²) in [4.78, 5) is 4.46. The lowest BCUT2D eigenvalue weighted by molar-refractivity contribution is -0.137. The van der Waals surface area contributed by atoms with E-state index < -0.39 is 19.1 Å². The fraction of sp³-hybridized carbons (Fsp3) is 0.0526. The van der Waals surface area contributed by atoms with Crippen molar-refractivity contribution < 1.29 is 21.8 Å². The Kier molecular flexibility index (Phi) is 5.31. The van der Waals surface area contributed by atoms with Gasteiger partial charge in [0.2, 0.25) is 0 Å². The smallest absolute Gasteiger partial charge is 0.330 e. The van der Waals surface area contributed by atoms with Gasteiger partial charge in [0.05, 0.1) is 17.0 Å². The summed E-state index contributed by atoms with van der Waals surface area (Å²) in [5.41, 5.74) is -1.29. The van der Waals surface area contributed by atoms with Gasteiger partial charge in [-0.25, -0.2) is 0 Å². The van der Waals surface area contributed by atoms with Crippen LogP contribution in [0.25, 0.3) is 11.1 Å². The summed E-state index contributed by atoms with van der Waals surface area (Å²) in [5.74, 6) is 0. The number of benzene rings is 1. The van der Waals surface area contributed by atoms with Gasteiger partial charge in [-0.15, -0.1) is 0 Å². The minimum absolute atomic E-state index is 0.0460. The van der Waals surface area contributed by atoms with Crippen LogP contribution in [0.5, 0.6) is 0 Å². The molecule has 140 valence electrons. The third kappa shape index (κ3) is 3.81. The quantitative estimate of drug-likeness (QED) is 0.415. The molecule has 0 spiro atoms. The molecule has 1 aromatic carbocycles. The van der Waals surface area contributed by atoms with Gasteiger partial charge in [-0.05, 0) is 35.4 Å². The van der Waals surface area contributed by atoms with Crippen LogP contribution in [0.2, 0.25) is 0 Å². The van der Waals surface area contributed by atoms with E-state index in [9.17, 15) is 27.1 Å². The van der Waals surface area contributed by atoms with Crippen molar-refractivity contribution in [2.24, 2.45) is 0 Å². The van der Waals surface area contributed by atoms with E-state index in [0.29, 0.717) is 4.81 Å². The second kappa shape index (κ2) is 7.68.